The third-order valence-corrected chi connectivity index (χ3v) is 4.45. The molecule has 0 aliphatic carbocycles. The number of allylic oxidation sites excluding steroid dienone is 1. The molecule has 26 heavy (non-hydrogen) atoms. The molecule has 0 bridgehead atoms. The number of hydrogen-bond acceptors (Lipinski definition) is 5. The van der Waals surface area contributed by atoms with Crippen molar-refractivity contribution in [3.05, 3.63) is 54.6 Å². The fraction of sp³-hybridized carbons (Fsp3) is 0.200. The number of aromatic hydroxyl groups is 1. The number of benzene rings is 2. The first-order valence-electron chi connectivity index (χ1n) is 8.40. The van der Waals surface area contributed by atoms with Crippen molar-refractivity contribution in [1.82, 2.24) is 10.4 Å². The van der Waals surface area contributed by atoms with Crippen molar-refractivity contribution in [1.29, 1.82) is 0 Å². The number of oxazole rings is 1. The number of phenolic OH excluding ortho intramolecular Hbond substituents is 1. The van der Waals surface area contributed by atoms with Crippen LogP contribution in [0, 0.1) is 5.92 Å². The first-order chi connectivity index (χ1) is 12.5. The molecule has 1 amide bonds. The van der Waals surface area contributed by atoms with Crippen molar-refractivity contribution in [2.45, 2.75) is 19.8 Å². The third-order valence-electron chi connectivity index (χ3n) is 4.45. The highest BCUT2D eigenvalue weighted by atomic mass is 16.3. The molecule has 134 valence electrons. The molecule has 0 saturated carbocycles. The number of nitrogens with two attached hydrogens (primary N) is 1. The van der Waals surface area contributed by atoms with Crippen molar-refractivity contribution in [3.8, 4) is 17.2 Å². The Hall–Kier alpha value is -3.12. The summed E-state index contributed by atoms with van der Waals surface area (Å²) in [4.78, 5) is 16.1. The monoisotopic (exact) mass is 351 g/mol. The molecule has 1 aromatic heterocycles. The predicted octanol–water partition coefficient (Wildman–Crippen LogP) is 3.62. The molecule has 4 N–H and O–H groups in total. The molecule has 3 aromatic rings. The number of hydrazine groups is 1. The van der Waals surface area contributed by atoms with Gasteiger partial charge in [-0.05, 0) is 59.9 Å². The van der Waals surface area contributed by atoms with Crippen LogP contribution in [0.3, 0.4) is 0 Å². The number of nitrogens with zero attached hydrogens (tertiary/aromatic N) is 1. The van der Waals surface area contributed by atoms with Gasteiger partial charge in [0.2, 0.25) is 11.8 Å². The second kappa shape index (κ2) is 7.41. The van der Waals surface area contributed by atoms with Crippen molar-refractivity contribution >= 4 is 22.6 Å². The van der Waals surface area contributed by atoms with Gasteiger partial charge in [-0.3, -0.25) is 10.2 Å². The summed E-state index contributed by atoms with van der Waals surface area (Å²) in [6, 6.07) is 12.4. The maximum atomic E-state index is 11.6. The summed E-state index contributed by atoms with van der Waals surface area (Å²) >= 11 is 0. The molecular formula is C20H21N3O3. The second-order valence-electron chi connectivity index (χ2n) is 6.15. The van der Waals surface area contributed by atoms with E-state index in [1.807, 2.05) is 25.1 Å². The molecule has 0 aliphatic heterocycles. The lowest BCUT2D eigenvalue weighted by Crippen LogP contribution is -2.31. The molecule has 6 heteroatoms. The van der Waals surface area contributed by atoms with E-state index >= 15 is 0 Å². The normalized spacial score (nSPS) is 12.1. The van der Waals surface area contributed by atoms with Crippen LogP contribution >= 0.6 is 0 Å². The van der Waals surface area contributed by atoms with E-state index in [2.05, 4.69) is 17.0 Å². The quantitative estimate of drug-likeness (QED) is 0.358. The van der Waals surface area contributed by atoms with E-state index in [4.69, 9.17) is 10.3 Å². The molecule has 2 aromatic carbocycles. The number of carbonyl (C=O) groups is 1. The highest BCUT2D eigenvalue weighted by molar-refractivity contribution is 5.83. The van der Waals surface area contributed by atoms with Gasteiger partial charge in [-0.25, -0.2) is 10.8 Å². The number of hydrogen-bond donors (Lipinski definition) is 3. The molecule has 0 radical (unpaired) electrons. The molecule has 1 unspecified atom stereocenters. The zero-order chi connectivity index (χ0) is 18.7. The van der Waals surface area contributed by atoms with Crippen LogP contribution in [-0.4, -0.2) is 16.0 Å². The lowest BCUT2D eigenvalue weighted by Gasteiger charge is -2.17. The largest absolute Gasteiger partial charge is 0.508 e. The van der Waals surface area contributed by atoms with Crippen LogP contribution < -0.4 is 11.3 Å². The Morgan fingerprint density at radius 2 is 2.04 bits per heavy atom. The van der Waals surface area contributed by atoms with Crippen LogP contribution in [0.1, 0.15) is 25.3 Å². The van der Waals surface area contributed by atoms with Gasteiger partial charge >= 0.3 is 0 Å². The van der Waals surface area contributed by atoms with E-state index < -0.39 is 0 Å². The molecular weight excluding hydrogens is 330 g/mol. The standard InChI is InChI=1S/C20H21N3O3/c1-3-13(11-19(25)23-21)12(2)15-6-9-17-18(10-15)26-20(22-17)14-4-7-16(24)8-5-14/h4-10,13,24H,2-3,11,21H2,1H3,(H,23,25). The lowest BCUT2D eigenvalue weighted by atomic mass is 9.89. The topological polar surface area (TPSA) is 101 Å². The number of rotatable bonds is 6. The summed E-state index contributed by atoms with van der Waals surface area (Å²) < 4.78 is 5.87. The Morgan fingerprint density at radius 1 is 1.31 bits per heavy atom. The number of aromatic nitrogens is 1. The minimum Gasteiger partial charge on any atom is -0.508 e. The molecule has 0 fully saturated rings. The van der Waals surface area contributed by atoms with Crippen LogP contribution in [0.5, 0.6) is 5.75 Å². The zero-order valence-corrected chi connectivity index (χ0v) is 14.5. The van der Waals surface area contributed by atoms with E-state index in [0.29, 0.717) is 17.9 Å². The smallest absolute Gasteiger partial charge is 0.234 e. The van der Waals surface area contributed by atoms with Crippen LogP contribution in [0.15, 0.2) is 53.5 Å². The van der Waals surface area contributed by atoms with Gasteiger partial charge in [0.15, 0.2) is 5.58 Å². The Kier molecular flexibility index (Phi) is 5.04. The molecule has 6 nitrogen and oxygen atoms in total. The molecule has 1 heterocycles. The molecule has 3 rings (SSSR count). The minimum absolute atomic E-state index is 0.00418. The Balaban J connectivity index is 1.90. The molecule has 0 saturated heterocycles. The highest BCUT2D eigenvalue weighted by Crippen LogP contribution is 2.31. The van der Waals surface area contributed by atoms with Gasteiger partial charge < -0.3 is 9.52 Å². The van der Waals surface area contributed by atoms with Gasteiger partial charge in [0.25, 0.3) is 0 Å². The van der Waals surface area contributed by atoms with Gasteiger partial charge in [0.1, 0.15) is 11.3 Å². The fourth-order valence-corrected chi connectivity index (χ4v) is 2.88. The maximum absolute atomic E-state index is 11.6. The van der Waals surface area contributed by atoms with Gasteiger partial charge in [-0.1, -0.05) is 19.6 Å². The van der Waals surface area contributed by atoms with Crippen LogP contribution in [-0.2, 0) is 4.79 Å². The maximum Gasteiger partial charge on any atom is 0.234 e. The first kappa shape index (κ1) is 17.7. The van der Waals surface area contributed by atoms with E-state index in [0.717, 1.165) is 28.6 Å². The number of nitrogens with one attached hydrogen (secondary N) is 1. The number of carbonyl (C=O) groups excluding carboxylic acids is 1. The predicted molar refractivity (Wildman–Crippen MR) is 101 cm³/mol. The average Bonchev–Trinajstić information content (AvgIpc) is 3.09. The van der Waals surface area contributed by atoms with E-state index in [1.165, 1.54) is 0 Å². The highest BCUT2D eigenvalue weighted by Gasteiger charge is 2.17. The van der Waals surface area contributed by atoms with Crippen LogP contribution in [0.4, 0.5) is 0 Å². The van der Waals surface area contributed by atoms with Gasteiger partial charge in [-0.15, -0.1) is 0 Å². The molecule has 1 atom stereocenters. The summed E-state index contributed by atoms with van der Waals surface area (Å²) in [5.74, 6) is 5.64. The Bertz CT molecular complexity index is 945. The fourth-order valence-electron chi connectivity index (χ4n) is 2.88. The lowest BCUT2D eigenvalue weighted by molar-refractivity contribution is -0.121. The van der Waals surface area contributed by atoms with Crippen molar-refractivity contribution in [2.75, 3.05) is 0 Å². The third kappa shape index (κ3) is 3.60. The van der Waals surface area contributed by atoms with Gasteiger partial charge in [-0.2, -0.15) is 0 Å². The summed E-state index contributed by atoms with van der Waals surface area (Å²) in [5, 5.41) is 9.40. The Morgan fingerprint density at radius 3 is 2.69 bits per heavy atom. The molecule has 0 spiro atoms. The number of phenols is 1. The van der Waals surface area contributed by atoms with Crippen molar-refractivity contribution in [3.63, 3.8) is 0 Å². The SMILES string of the molecule is C=C(c1ccc2nc(-c3ccc(O)cc3)oc2c1)C(CC)CC(=O)NN. The minimum atomic E-state index is -0.214. The average molecular weight is 351 g/mol. The van der Waals surface area contributed by atoms with Crippen molar-refractivity contribution < 1.29 is 14.3 Å². The van der Waals surface area contributed by atoms with E-state index in [-0.39, 0.29) is 17.6 Å². The number of amides is 1. The van der Waals surface area contributed by atoms with Crippen LogP contribution in [0.25, 0.3) is 28.1 Å². The Labute approximate surface area is 151 Å². The van der Waals surface area contributed by atoms with E-state index in [1.54, 1.807) is 24.3 Å². The number of fused-ring (bicyclic) bond motifs is 1. The summed E-state index contributed by atoms with van der Waals surface area (Å²) in [6.07, 6.45) is 1.07. The second-order valence-corrected chi connectivity index (χ2v) is 6.15. The van der Waals surface area contributed by atoms with E-state index in [9.17, 15) is 9.90 Å². The van der Waals surface area contributed by atoms with Gasteiger partial charge in [0, 0.05) is 12.0 Å². The van der Waals surface area contributed by atoms with Crippen molar-refractivity contribution in [2.24, 2.45) is 11.8 Å². The molecule has 0 aliphatic rings. The summed E-state index contributed by atoms with van der Waals surface area (Å²) in [5.41, 5.74) is 6.09. The van der Waals surface area contributed by atoms with Crippen LogP contribution in [0.2, 0.25) is 0 Å². The van der Waals surface area contributed by atoms with Gasteiger partial charge in [0.05, 0.1) is 0 Å². The first-order valence-corrected chi connectivity index (χ1v) is 8.40. The summed E-state index contributed by atoms with van der Waals surface area (Å²) in [7, 11) is 0. The zero-order valence-electron chi connectivity index (χ0n) is 14.5. The summed E-state index contributed by atoms with van der Waals surface area (Å²) in [6.45, 7) is 6.16.